The molecule has 6 heteroatoms. The van der Waals surface area contributed by atoms with Gasteiger partial charge in [-0.1, -0.05) is 32.0 Å². The first-order valence-corrected chi connectivity index (χ1v) is 8.54. The molecule has 0 aliphatic carbocycles. The zero-order valence-electron chi connectivity index (χ0n) is 14.6. The Morgan fingerprint density at radius 3 is 2.68 bits per heavy atom. The molecule has 0 unspecified atom stereocenters. The normalized spacial score (nSPS) is 11.0. The van der Waals surface area contributed by atoms with E-state index in [1.165, 1.54) is 0 Å². The molecule has 2 amide bonds. The molecule has 0 atom stereocenters. The zero-order chi connectivity index (χ0) is 17.6. The Morgan fingerprint density at radius 1 is 1.12 bits per heavy atom. The molecule has 3 rings (SSSR count). The second-order valence-electron chi connectivity index (χ2n) is 6.33. The van der Waals surface area contributed by atoms with Crippen molar-refractivity contribution in [1.82, 2.24) is 25.2 Å². The molecule has 0 saturated carbocycles. The molecular weight excluding hydrogens is 314 g/mol. The summed E-state index contributed by atoms with van der Waals surface area (Å²) in [7, 11) is 0. The second-order valence-corrected chi connectivity index (χ2v) is 6.33. The Bertz CT molecular complexity index is 841. The third-order valence-corrected chi connectivity index (χ3v) is 3.80. The molecular formula is C19H23N5O. The number of rotatable bonds is 6. The summed E-state index contributed by atoms with van der Waals surface area (Å²) < 4.78 is 2.04. The van der Waals surface area contributed by atoms with E-state index in [1.54, 1.807) is 6.20 Å². The lowest BCUT2D eigenvalue weighted by molar-refractivity contribution is 0.239. The maximum atomic E-state index is 11.8. The summed E-state index contributed by atoms with van der Waals surface area (Å²) in [5.41, 5.74) is 2.70. The molecule has 25 heavy (non-hydrogen) atoms. The standard InChI is InChI=1S/C19H23N5O/c1-14(2)13-22-19(25)21-12-10-17-23-16-9-6-11-20-18(16)24(17)15-7-4-3-5-8-15/h3-9,11,14H,10,12-13H2,1-2H3,(H2,21,22,25). The maximum absolute atomic E-state index is 11.8. The molecule has 130 valence electrons. The van der Waals surface area contributed by atoms with Crippen molar-refractivity contribution in [2.75, 3.05) is 13.1 Å². The minimum atomic E-state index is -0.144. The van der Waals surface area contributed by atoms with Gasteiger partial charge in [-0.05, 0) is 30.2 Å². The van der Waals surface area contributed by atoms with Crippen molar-refractivity contribution in [2.24, 2.45) is 5.92 Å². The van der Waals surface area contributed by atoms with Gasteiger partial charge in [-0.3, -0.25) is 4.57 Å². The van der Waals surface area contributed by atoms with Crippen molar-refractivity contribution < 1.29 is 4.79 Å². The van der Waals surface area contributed by atoms with E-state index in [2.05, 4.69) is 34.4 Å². The molecule has 0 radical (unpaired) electrons. The fraction of sp³-hybridized carbons (Fsp3) is 0.316. The Morgan fingerprint density at radius 2 is 1.92 bits per heavy atom. The number of urea groups is 1. The average Bonchev–Trinajstić information content (AvgIpc) is 2.99. The van der Waals surface area contributed by atoms with E-state index in [1.807, 2.05) is 47.0 Å². The van der Waals surface area contributed by atoms with Crippen LogP contribution in [0.15, 0.2) is 48.7 Å². The molecule has 3 aromatic rings. The number of carbonyl (C=O) groups excluding carboxylic acids is 1. The van der Waals surface area contributed by atoms with Gasteiger partial charge < -0.3 is 10.6 Å². The van der Waals surface area contributed by atoms with E-state index in [-0.39, 0.29) is 6.03 Å². The molecule has 0 aliphatic heterocycles. The van der Waals surface area contributed by atoms with Crippen LogP contribution in [0.25, 0.3) is 16.9 Å². The number of nitrogens with one attached hydrogen (secondary N) is 2. The van der Waals surface area contributed by atoms with Gasteiger partial charge in [0.1, 0.15) is 11.3 Å². The molecule has 0 fully saturated rings. The SMILES string of the molecule is CC(C)CNC(=O)NCCc1nc2cccnc2n1-c1ccccc1. The lowest BCUT2D eigenvalue weighted by atomic mass is 10.2. The van der Waals surface area contributed by atoms with Crippen LogP contribution in [0.4, 0.5) is 4.79 Å². The first-order valence-electron chi connectivity index (χ1n) is 8.54. The highest BCUT2D eigenvalue weighted by atomic mass is 16.2. The number of benzene rings is 1. The largest absolute Gasteiger partial charge is 0.338 e. The molecule has 2 aromatic heterocycles. The predicted octanol–water partition coefficient (Wildman–Crippen LogP) is 2.92. The van der Waals surface area contributed by atoms with Gasteiger partial charge in [0.25, 0.3) is 0 Å². The van der Waals surface area contributed by atoms with Crippen LogP contribution in [0.2, 0.25) is 0 Å². The van der Waals surface area contributed by atoms with Gasteiger partial charge in [-0.15, -0.1) is 0 Å². The number of aromatic nitrogens is 3. The number of para-hydroxylation sites is 1. The number of nitrogens with zero attached hydrogens (tertiary/aromatic N) is 3. The number of amides is 2. The number of hydrogen-bond acceptors (Lipinski definition) is 3. The van der Waals surface area contributed by atoms with Gasteiger partial charge in [0.15, 0.2) is 5.65 Å². The predicted molar refractivity (Wildman–Crippen MR) is 98.8 cm³/mol. The summed E-state index contributed by atoms with van der Waals surface area (Å²) >= 11 is 0. The van der Waals surface area contributed by atoms with Gasteiger partial charge in [0.2, 0.25) is 0 Å². The monoisotopic (exact) mass is 337 g/mol. The lowest BCUT2D eigenvalue weighted by Crippen LogP contribution is -2.38. The number of pyridine rings is 1. The molecule has 0 saturated heterocycles. The van der Waals surface area contributed by atoms with E-state index in [0.717, 1.165) is 22.7 Å². The molecule has 2 N–H and O–H groups in total. The summed E-state index contributed by atoms with van der Waals surface area (Å²) in [4.78, 5) is 21.0. The average molecular weight is 337 g/mol. The van der Waals surface area contributed by atoms with Gasteiger partial charge in [-0.25, -0.2) is 14.8 Å². The summed E-state index contributed by atoms with van der Waals surface area (Å²) in [6.07, 6.45) is 2.39. The van der Waals surface area contributed by atoms with Gasteiger partial charge >= 0.3 is 6.03 Å². The van der Waals surface area contributed by atoms with Crippen molar-refractivity contribution >= 4 is 17.2 Å². The second kappa shape index (κ2) is 7.79. The quantitative estimate of drug-likeness (QED) is 0.726. The molecule has 0 aliphatic rings. The third kappa shape index (κ3) is 4.15. The molecule has 0 bridgehead atoms. The van der Waals surface area contributed by atoms with Crippen LogP contribution < -0.4 is 10.6 Å². The van der Waals surface area contributed by atoms with Crippen LogP contribution in [0, 0.1) is 5.92 Å². The zero-order valence-corrected chi connectivity index (χ0v) is 14.6. The molecule has 0 spiro atoms. The first-order chi connectivity index (χ1) is 12.1. The lowest BCUT2D eigenvalue weighted by Gasteiger charge is -2.11. The summed E-state index contributed by atoms with van der Waals surface area (Å²) in [5.74, 6) is 1.31. The van der Waals surface area contributed by atoms with E-state index in [9.17, 15) is 4.79 Å². The Kier molecular flexibility index (Phi) is 5.28. The number of hydrogen-bond donors (Lipinski definition) is 2. The Balaban J connectivity index is 1.76. The van der Waals surface area contributed by atoms with Crippen LogP contribution in [-0.4, -0.2) is 33.7 Å². The van der Waals surface area contributed by atoms with Gasteiger partial charge in [0.05, 0.1) is 0 Å². The number of imidazole rings is 1. The summed E-state index contributed by atoms with van der Waals surface area (Å²) in [6, 6.07) is 13.7. The van der Waals surface area contributed by atoms with Crippen LogP contribution >= 0.6 is 0 Å². The highest BCUT2D eigenvalue weighted by molar-refractivity contribution is 5.74. The molecule has 1 aromatic carbocycles. The van der Waals surface area contributed by atoms with Crippen molar-refractivity contribution in [3.63, 3.8) is 0 Å². The summed E-state index contributed by atoms with van der Waals surface area (Å²) in [5, 5.41) is 5.74. The third-order valence-electron chi connectivity index (χ3n) is 3.80. The topological polar surface area (TPSA) is 71.8 Å². The smallest absolute Gasteiger partial charge is 0.314 e. The van der Waals surface area contributed by atoms with Gasteiger partial charge in [0, 0.05) is 31.4 Å². The summed E-state index contributed by atoms with van der Waals surface area (Å²) in [6.45, 7) is 5.31. The van der Waals surface area contributed by atoms with Crippen LogP contribution in [0.1, 0.15) is 19.7 Å². The fourth-order valence-corrected chi connectivity index (χ4v) is 2.62. The highest BCUT2D eigenvalue weighted by Crippen LogP contribution is 2.19. The van der Waals surface area contributed by atoms with E-state index in [0.29, 0.717) is 25.4 Å². The minimum absolute atomic E-state index is 0.144. The van der Waals surface area contributed by atoms with Crippen molar-refractivity contribution in [3.8, 4) is 5.69 Å². The number of carbonyl (C=O) groups is 1. The van der Waals surface area contributed by atoms with Crippen molar-refractivity contribution in [1.29, 1.82) is 0 Å². The Labute approximate surface area is 147 Å². The van der Waals surface area contributed by atoms with Crippen LogP contribution in [0.5, 0.6) is 0 Å². The van der Waals surface area contributed by atoms with Crippen LogP contribution in [-0.2, 0) is 6.42 Å². The van der Waals surface area contributed by atoms with E-state index >= 15 is 0 Å². The molecule has 6 nitrogen and oxygen atoms in total. The number of fused-ring (bicyclic) bond motifs is 1. The fourth-order valence-electron chi connectivity index (χ4n) is 2.62. The first kappa shape index (κ1) is 17.0. The van der Waals surface area contributed by atoms with Gasteiger partial charge in [-0.2, -0.15) is 0 Å². The molecule has 2 heterocycles. The van der Waals surface area contributed by atoms with E-state index < -0.39 is 0 Å². The minimum Gasteiger partial charge on any atom is -0.338 e. The van der Waals surface area contributed by atoms with Crippen LogP contribution in [0.3, 0.4) is 0 Å². The Hall–Kier alpha value is -2.89. The maximum Gasteiger partial charge on any atom is 0.314 e. The van der Waals surface area contributed by atoms with E-state index in [4.69, 9.17) is 0 Å². The van der Waals surface area contributed by atoms with Crippen molar-refractivity contribution in [2.45, 2.75) is 20.3 Å². The van der Waals surface area contributed by atoms with Crippen molar-refractivity contribution in [3.05, 3.63) is 54.5 Å². The highest BCUT2D eigenvalue weighted by Gasteiger charge is 2.13.